The Labute approximate surface area is 187 Å². The van der Waals surface area contributed by atoms with Crippen molar-refractivity contribution in [3.63, 3.8) is 0 Å². The van der Waals surface area contributed by atoms with Gasteiger partial charge in [0, 0.05) is 5.02 Å². The minimum absolute atomic E-state index is 0.0112. The van der Waals surface area contributed by atoms with Crippen molar-refractivity contribution in [1.29, 1.82) is 0 Å². The van der Waals surface area contributed by atoms with Gasteiger partial charge in [-0.05, 0) is 49.6 Å². The number of nitrogens with one attached hydrogen (secondary N) is 1. The number of carbonyl (C=O) groups excluding carboxylic acids is 1. The summed E-state index contributed by atoms with van der Waals surface area (Å²) in [4.78, 5) is 16.9. The van der Waals surface area contributed by atoms with E-state index in [0.717, 1.165) is 11.4 Å². The molecule has 3 aromatic rings. The molecule has 1 amide bonds. The SMILES string of the molecule is Cc1nc(C(F)(F)F)c2n1C(C(=O)Nc1cnn(-c3ccc(Cl)cc3)c1C(C)C)CC=C2. The van der Waals surface area contributed by atoms with Gasteiger partial charge in [-0.25, -0.2) is 9.67 Å². The first-order chi connectivity index (χ1) is 15.1. The molecule has 1 unspecified atom stereocenters. The van der Waals surface area contributed by atoms with Crippen LogP contribution in [0.25, 0.3) is 11.8 Å². The molecule has 4 rings (SSSR count). The van der Waals surface area contributed by atoms with Gasteiger partial charge in [-0.1, -0.05) is 31.5 Å². The van der Waals surface area contributed by atoms with Crippen molar-refractivity contribution in [3.8, 4) is 5.69 Å². The predicted octanol–water partition coefficient (Wildman–Crippen LogP) is 5.77. The number of rotatable bonds is 4. The lowest BCUT2D eigenvalue weighted by Gasteiger charge is -2.23. The number of imidazole rings is 1. The summed E-state index contributed by atoms with van der Waals surface area (Å²) in [7, 11) is 0. The molecule has 1 aliphatic heterocycles. The lowest BCUT2D eigenvalue weighted by Crippen LogP contribution is -2.29. The van der Waals surface area contributed by atoms with E-state index >= 15 is 0 Å². The number of amides is 1. The third-order valence-corrected chi connectivity index (χ3v) is 5.58. The molecule has 1 aliphatic rings. The van der Waals surface area contributed by atoms with E-state index in [9.17, 15) is 18.0 Å². The lowest BCUT2D eigenvalue weighted by atomic mass is 10.1. The molecular formula is C22H21ClF3N5O. The molecule has 10 heteroatoms. The number of hydrogen-bond acceptors (Lipinski definition) is 3. The fourth-order valence-electron chi connectivity index (χ4n) is 3.97. The maximum atomic E-state index is 13.4. The number of aromatic nitrogens is 4. The smallest absolute Gasteiger partial charge is 0.321 e. The number of carbonyl (C=O) groups is 1. The van der Waals surface area contributed by atoms with E-state index in [1.165, 1.54) is 17.6 Å². The zero-order valence-corrected chi connectivity index (χ0v) is 18.4. The van der Waals surface area contributed by atoms with Gasteiger partial charge in [-0.2, -0.15) is 18.3 Å². The summed E-state index contributed by atoms with van der Waals surface area (Å²) in [5.41, 5.74) is 0.960. The van der Waals surface area contributed by atoms with Crippen molar-refractivity contribution >= 4 is 29.3 Å². The van der Waals surface area contributed by atoms with Gasteiger partial charge in [0.25, 0.3) is 0 Å². The molecule has 0 fully saturated rings. The first-order valence-corrected chi connectivity index (χ1v) is 10.4. The Kier molecular flexibility index (Phi) is 5.62. The number of alkyl halides is 3. The van der Waals surface area contributed by atoms with Crippen LogP contribution in [0.5, 0.6) is 0 Å². The zero-order chi connectivity index (χ0) is 23.2. The average molecular weight is 464 g/mol. The zero-order valence-electron chi connectivity index (χ0n) is 17.6. The summed E-state index contributed by atoms with van der Waals surface area (Å²) in [6.45, 7) is 5.41. The molecule has 0 aliphatic carbocycles. The van der Waals surface area contributed by atoms with Crippen LogP contribution >= 0.6 is 11.6 Å². The normalized spacial score (nSPS) is 15.8. The molecule has 168 valence electrons. The highest BCUT2D eigenvalue weighted by Gasteiger charge is 2.40. The van der Waals surface area contributed by atoms with Crippen LogP contribution in [0.3, 0.4) is 0 Å². The van der Waals surface area contributed by atoms with Gasteiger partial charge in [-0.3, -0.25) is 4.79 Å². The summed E-state index contributed by atoms with van der Waals surface area (Å²) < 4.78 is 43.2. The van der Waals surface area contributed by atoms with E-state index in [-0.39, 0.29) is 23.9 Å². The van der Waals surface area contributed by atoms with Gasteiger partial charge in [0.15, 0.2) is 5.69 Å². The minimum atomic E-state index is -4.60. The van der Waals surface area contributed by atoms with E-state index in [1.807, 2.05) is 26.0 Å². The monoisotopic (exact) mass is 463 g/mol. The summed E-state index contributed by atoms with van der Waals surface area (Å²) in [5.74, 6) is -0.280. The lowest BCUT2D eigenvalue weighted by molar-refractivity contribution is -0.141. The van der Waals surface area contributed by atoms with Crippen molar-refractivity contribution in [1.82, 2.24) is 19.3 Å². The van der Waals surface area contributed by atoms with Crippen LogP contribution in [-0.4, -0.2) is 25.2 Å². The van der Waals surface area contributed by atoms with E-state index in [4.69, 9.17) is 11.6 Å². The van der Waals surface area contributed by atoms with Crippen LogP contribution in [0.4, 0.5) is 18.9 Å². The van der Waals surface area contributed by atoms with E-state index in [0.29, 0.717) is 10.7 Å². The van der Waals surface area contributed by atoms with Crippen LogP contribution in [0.15, 0.2) is 36.5 Å². The molecule has 0 saturated heterocycles. The molecular weight excluding hydrogens is 443 g/mol. The predicted molar refractivity (Wildman–Crippen MR) is 116 cm³/mol. The van der Waals surface area contributed by atoms with Crippen molar-refractivity contribution in [2.45, 2.75) is 45.3 Å². The second-order valence-electron chi connectivity index (χ2n) is 7.89. The third kappa shape index (κ3) is 3.92. The molecule has 3 heterocycles. The summed E-state index contributed by atoms with van der Waals surface area (Å²) in [6.07, 6.45) is 0.138. The fraction of sp³-hybridized carbons (Fsp3) is 0.318. The first-order valence-electron chi connectivity index (χ1n) is 10.0. The average Bonchev–Trinajstić information content (AvgIpc) is 3.30. The van der Waals surface area contributed by atoms with E-state index in [1.54, 1.807) is 29.1 Å². The summed E-state index contributed by atoms with van der Waals surface area (Å²) >= 11 is 5.98. The number of aryl methyl sites for hydroxylation is 1. The number of fused-ring (bicyclic) bond motifs is 1. The Hall–Kier alpha value is -3.07. The molecule has 6 nitrogen and oxygen atoms in total. The molecule has 1 atom stereocenters. The number of halogens is 4. The van der Waals surface area contributed by atoms with Gasteiger partial charge >= 0.3 is 6.18 Å². The second kappa shape index (κ2) is 8.12. The van der Waals surface area contributed by atoms with Crippen molar-refractivity contribution in [2.24, 2.45) is 0 Å². The van der Waals surface area contributed by atoms with E-state index < -0.39 is 23.8 Å². The number of allylic oxidation sites excluding steroid dienone is 1. The highest BCUT2D eigenvalue weighted by Crippen LogP contribution is 2.37. The quantitative estimate of drug-likeness (QED) is 0.534. The molecule has 0 radical (unpaired) electrons. The van der Waals surface area contributed by atoms with Crippen molar-refractivity contribution < 1.29 is 18.0 Å². The van der Waals surface area contributed by atoms with Gasteiger partial charge in [0.1, 0.15) is 11.9 Å². The van der Waals surface area contributed by atoms with E-state index in [2.05, 4.69) is 15.4 Å². The molecule has 1 N–H and O–H groups in total. The van der Waals surface area contributed by atoms with Crippen LogP contribution in [0.1, 0.15) is 55.1 Å². The van der Waals surface area contributed by atoms with Gasteiger partial charge in [0.05, 0.1) is 29.0 Å². The van der Waals surface area contributed by atoms with Gasteiger partial charge < -0.3 is 9.88 Å². The van der Waals surface area contributed by atoms with Crippen LogP contribution < -0.4 is 5.32 Å². The number of benzene rings is 1. The highest BCUT2D eigenvalue weighted by atomic mass is 35.5. The maximum Gasteiger partial charge on any atom is 0.435 e. The Morgan fingerprint density at radius 3 is 2.56 bits per heavy atom. The molecule has 1 aromatic carbocycles. The minimum Gasteiger partial charge on any atom is -0.321 e. The largest absolute Gasteiger partial charge is 0.435 e. The fourth-order valence-corrected chi connectivity index (χ4v) is 4.10. The molecule has 0 saturated carbocycles. The van der Waals surface area contributed by atoms with Crippen molar-refractivity contribution in [3.05, 3.63) is 64.5 Å². The molecule has 0 bridgehead atoms. The Morgan fingerprint density at radius 1 is 1.25 bits per heavy atom. The first kappa shape index (κ1) is 22.1. The standard InChI is InChI=1S/C22H21ClF3N5O/c1-12(2)19-16(11-27-31(19)15-9-7-14(23)8-10-15)29-21(32)18-6-4-5-17-20(22(24,25)26)28-13(3)30(17)18/h4-5,7-12,18H,6H2,1-3H3,(H,29,32). The van der Waals surface area contributed by atoms with Crippen LogP contribution in [-0.2, 0) is 11.0 Å². The molecule has 0 spiro atoms. The Morgan fingerprint density at radius 2 is 1.94 bits per heavy atom. The number of nitrogens with zero attached hydrogens (tertiary/aromatic N) is 4. The Balaban J connectivity index is 1.67. The van der Waals surface area contributed by atoms with Gasteiger partial charge in [0.2, 0.25) is 5.91 Å². The third-order valence-electron chi connectivity index (χ3n) is 5.32. The summed E-state index contributed by atoms with van der Waals surface area (Å²) in [5, 5.41) is 7.87. The summed E-state index contributed by atoms with van der Waals surface area (Å²) in [6, 6.07) is 6.28. The van der Waals surface area contributed by atoms with Crippen molar-refractivity contribution in [2.75, 3.05) is 5.32 Å². The van der Waals surface area contributed by atoms with Crippen LogP contribution in [0.2, 0.25) is 5.02 Å². The van der Waals surface area contributed by atoms with Crippen LogP contribution in [0, 0.1) is 6.92 Å². The Bertz CT molecular complexity index is 1190. The molecule has 32 heavy (non-hydrogen) atoms. The number of anilines is 1. The topological polar surface area (TPSA) is 64.7 Å². The van der Waals surface area contributed by atoms with Gasteiger partial charge in [-0.15, -0.1) is 0 Å². The number of hydrogen-bond donors (Lipinski definition) is 1. The maximum absolute atomic E-state index is 13.4. The second-order valence-corrected chi connectivity index (χ2v) is 8.33. The highest BCUT2D eigenvalue weighted by molar-refractivity contribution is 6.30. The molecule has 2 aromatic heterocycles.